The van der Waals surface area contributed by atoms with E-state index in [1.165, 1.54) is 11.6 Å². The van der Waals surface area contributed by atoms with Crippen LogP contribution in [0.2, 0.25) is 0 Å². The molecule has 0 N–H and O–H groups in total. The average molecular weight is 196 g/mol. The normalized spacial score (nSPS) is 6.38. The standard InChI is InChI=1S/C8H8.C3H3N.K/c1-2-8-6-4-3-5-7-8;1-2-3-4;/h2-7H,1H2;2H,1H2;. The van der Waals surface area contributed by atoms with E-state index < -0.39 is 0 Å². The fraction of sp³-hybridized carbons (Fsp3) is 0. The zero-order chi connectivity index (χ0) is 9.23. The minimum atomic E-state index is 0. The van der Waals surface area contributed by atoms with Gasteiger partial charge in [-0.1, -0.05) is 49.6 Å². The van der Waals surface area contributed by atoms with Crippen molar-refractivity contribution in [3.8, 4) is 6.07 Å². The van der Waals surface area contributed by atoms with E-state index in [1.54, 1.807) is 6.07 Å². The SMILES string of the molecule is C=CC#N.C=Cc1ccccc1.[K]. The van der Waals surface area contributed by atoms with Crippen LogP contribution in [-0.2, 0) is 0 Å². The average Bonchev–Trinajstić information content (AvgIpc) is 2.19. The van der Waals surface area contributed by atoms with Crippen molar-refractivity contribution < 1.29 is 0 Å². The minimum absolute atomic E-state index is 0. The molecule has 0 amide bonds. The van der Waals surface area contributed by atoms with Crippen LogP contribution in [0.3, 0.4) is 0 Å². The summed E-state index contributed by atoms with van der Waals surface area (Å²) in [6.45, 7) is 6.75. The first-order valence-corrected chi connectivity index (χ1v) is 3.53. The molecule has 0 saturated carbocycles. The van der Waals surface area contributed by atoms with Crippen LogP contribution < -0.4 is 0 Å². The van der Waals surface area contributed by atoms with Gasteiger partial charge in [0.15, 0.2) is 0 Å². The van der Waals surface area contributed by atoms with Crippen LogP contribution >= 0.6 is 0 Å². The first kappa shape index (κ1) is 15.3. The zero-order valence-electron chi connectivity index (χ0n) is 7.90. The Labute approximate surface area is 122 Å². The predicted molar refractivity (Wildman–Crippen MR) is 58.1 cm³/mol. The molecule has 0 saturated heterocycles. The minimum Gasteiger partial charge on any atom is -0.193 e. The second-order valence-electron chi connectivity index (χ2n) is 1.95. The van der Waals surface area contributed by atoms with Gasteiger partial charge in [-0.2, -0.15) is 5.26 Å². The summed E-state index contributed by atoms with van der Waals surface area (Å²) in [6, 6.07) is 11.7. The van der Waals surface area contributed by atoms with Gasteiger partial charge in [-0.3, -0.25) is 0 Å². The molecule has 0 aliphatic rings. The molecular formula is C11H11KN. The van der Waals surface area contributed by atoms with E-state index in [0.29, 0.717) is 0 Å². The molecular weight excluding hydrogens is 185 g/mol. The van der Waals surface area contributed by atoms with Gasteiger partial charge < -0.3 is 0 Å². The summed E-state index contributed by atoms with van der Waals surface area (Å²) in [6.07, 6.45) is 3.01. The first-order valence-electron chi connectivity index (χ1n) is 3.53. The van der Waals surface area contributed by atoms with Crippen molar-refractivity contribution in [3.05, 3.63) is 55.1 Å². The van der Waals surface area contributed by atoms with E-state index in [0.717, 1.165) is 0 Å². The molecule has 0 aliphatic carbocycles. The molecule has 1 aromatic carbocycles. The fourth-order valence-corrected chi connectivity index (χ4v) is 0.589. The van der Waals surface area contributed by atoms with Crippen molar-refractivity contribution in [2.45, 2.75) is 0 Å². The van der Waals surface area contributed by atoms with Gasteiger partial charge >= 0.3 is 0 Å². The molecule has 61 valence electrons. The van der Waals surface area contributed by atoms with Crippen LogP contribution in [0.25, 0.3) is 6.08 Å². The van der Waals surface area contributed by atoms with E-state index in [1.807, 2.05) is 36.4 Å². The third kappa shape index (κ3) is 9.74. The van der Waals surface area contributed by atoms with Gasteiger partial charge in [0, 0.05) is 57.5 Å². The molecule has 0 spiro atoms. The van der Waals surface area contributed by atoms with Gasteiger partial charge in [-0.05, 0) is 5.56 Å². The Bertz CT molecular complexity index is 272. The molecule has 1 nitrogen and oxygen atoms in total. The second kappa shape index (κ2) is 11.8. The van der Waals surface area contributed by atoms with Gasteiger partial charge in [0.2, 0.25) is 0 Å². The van der Waals surface area contributed by atoms with Crippen molar-refractivity contribution in [3.63, 3.8) is 0 Å². The smallest absolute Gasteiger partial charge is 0.0905 e. The summed E-state index contributed by atoms with van der Waals surface area (Å²) < 4.78 is 0. The van der Waals surface area contributed by atoms with Gasteiger partial charge in [0.1, 0.15) is 0 Å². The van der Waals surface area contributed by atoms with Crippen molar-refractivity contribution in [1.82, 2.24) is 0 Å². The molecule has 0 heterocycles. The maximum Gasteiger partial charge on any atom is 0.0905 e. The van der Waals surface area contributed by atoms with Gasteiger partial charge in [0.25, 0.3) is 0 Å². The van der Waals surface area contributed by atoms with Crippen LogP contribution in [0, 0.1) is 11.3 Å². The van der Waals surface area contributed by atoms with E-state index in [2.05, 4.69) is 13.2 Å². The number of nitriles is 1. The molecule has 0 aromatic heterocycles. The summed E-state index contributed by atoms with van der Waals surface area (Å²) in [4.78, 5) is 0. The molecule has 1 aromatic rings. The van der Waals surface area contributed by atoms with Crippen LogP contribution in [0.4, 0.5) is 0 Å². The van der Waals surface area contributed by atoms with E-state index in [9.17, 15) is 0 Å². The molecule has 0 atom stereocenters. The van der Waals surface area contributed by atoms with Crippen LogP contribution in [0.5, 0.6) is 0 Å². The summed E-state index contributed by atoms with van der Waals surface area (Å²) in [7, 11) is 0. The molecule has 0 aliphatic heterocycles. The number of benzene rings is 1. The predicted octanol–water partition coefficient (Wildman–Crippen LogP) is 2.64. The maximum absolute atomic E-state index is 7.51. The number of hydrogen-bond acceptors (Lipinski definition) is 1. The third-order valence-corrected chi connectivity index (χ3v) is 1.13. The van der Waals surface area contributed by atoms with Gasteiger partial charge in [-0.15, -0.1) is 0 Å². The topological polar surface area (TPSA) is 23.8 Å². The van der Waals surface area contributed by atoms with Crippen molar-refractivity contribution in [1.29, 1.82) is 5.26 Å². The van der Waals surface area contributed by atoms with Gasteiger partial charge in [-0.25, -0.2) is 0 Å². The quantitative estimate of drug-likeness (QED) is 0.500. The third-order valence-electron chi connectivity index (χ3n) is 1.13. The van der Waals surface area contributed by atoms with E-state index in [4.69, 9.17) is 5.26 Å². The van der Waals surface area contributed by atoms with Crippen molar-refractivity contribution in [2.24, 2.45) is 0 Å². The zero-order valence-corrected chi connectivity index (χ0v) is 11.0. The largest absolute Gasteiger partial charge is 0.193 e. The Morgan fingerprint density at radius 2 is 1.62 bits per heavy atom. The first-order chi connectivity index (χ1) is 5.85. The Hall–Kier alpha value is -0.174. The summed E-state index contributed by atoms with van der Waals surface area (Å²) >= 11 is 0. The molecule has 1 rings (SSSR count). The Balaban J connectivity index is 0. The number of allylic oxidation sites excluding steroid dienone is 1. The summed E-state index contributed by atoms with van der Waals surface area (Å²) in [5.41, 5.74) is 1.17. The van der Waals surface area contributed by atoms with Crippen LogP contribution in [-0.4, -0.2) is 51.4 Å². The van der Waals surface area contributed by atoms with E-state index in [-0.39, 0.29) is 51.4 Å². The summed E-state index contributed by atoms with van der Waals surface area (Å²) in [5, 5.41) is 7.51. The Morgan fingerprint density at radius 3 is 1.85 bits per heavy atom. The molecule has 1 radical (unpaired) electrons. The molecule has 0 unspecified atom stereocenters. The molecule has 0 fully saturated rings. The number of rotatable bonds is 1. The maximum atomic E-state index is 7.51. The van der Waals surface area contributed by atoms with Crippen molar-refractivity contribution >= 4 is 57.5 Å². The second-order valence-corrected chi connectivity index (χ2v) is 1.95. The number of nitrogens with zero attached hydrogens (tertiary/aromatic N) is 1. The molecule has 0 bridgehead atoms. The van der Waals surface area contributed by atoms with Gasteiger partial charge in [0.05, 0.1) is 6.07 Å². The molecule has 2 heteroatoms. The fourth-order valence-electron chi connectivity index (χ4n) is 0.589. The van der Waals surface area contributed by atoms with Crippen molar-refractivity contribution in [2.75, 3.05) is 0 Å². The molecule has 13 heavy (non-hydrogen) atoms. The monoisotopic (exact) mass is 196 g/mol. The number of hydrogen-bond donors (Lipinski definition) is 0. The van der Waals surface area contributed by atoms with Crippen LogP contribution in [0.1, 0.15) is 5.56 Å². The van der Waals surface area contributed by atoms with Crippen LogP contribution in [0.15, 0.2) is 49.6 Å². The summed E-state index contributed by atoms with van der Waals surface area (Å²) in [5.74, 6) is 0. The van der Waals surface area contributed by atoms with E-state index >= 15 is 0 Å². The Morgan fingerprint density at radius 1 is 1.15 bits per heavy atom. The Kier molecular flexibility index (Phi) is 13.9.